The van der Waals surface area contributed by atoms with E-state index < -0.39 is 0 Å². The molecule has 7 aromatic carbocycles. The van der Waals surface area contributed by atoms with Crippen molar-refractivity contribution < 1.29 is 0 Å². The maximum absolute atomic E-state index is 2.44. The first kappa shape index (κ1) is 23.9. The number of benzene rings is 7. The Kier molecular flexibility index (Phi) is 5.61. The van der Waals surface area contributed by atoms with Gasteiger partial charge in [-0.25, -0.2) is 0 Å². The van der Waals surface area contributed by atoms with Gasteiger partial charge in [-0.1, -0.05) is 115 Å². The molecule has 41 heavy (non-hydrogen) atoms. The molecule has 2 heteroatoms. The molecule has 0 fully saturated rings. The Morgan fingerprint density at radius 2 is 1.10 bits per heavy atom. The van der Waals surface area contributed by atoms with E-state index in [0.29, 0.717) is 0 Å². The Bertz CT molecular complexity index is 2220. The Morgan fingerprint density at radius 1 is 0.463 bits per heavy atom. The average Bonchev–Trinajstić information content (AvgIpc) is 3.40. The van der Waals surface area contributed by atoms with Gasteiger partial charge in [0.05, 0.1) is 5.69 Å². The molecule has 0 aliphatic heterocycles. The lowest BCUT2D eigenvalue weighted by Crippen LogP contribution is -2.11. The predicted octanol–water partition coefficient (Wildman–Crippen LogP) is 11.8. The van der Waals surface area contributed by atoms with E-state index in [4.69, 9.17) is 0 Å². The summed E-state index contributed by atoms with van der Waals surface area (Å²) in [5.74, 6) is 0. The van der Waals surface area contributed by atoms with Crippen molar-refractivity contribution in [3.05, 3.63) is 151 Å². The molecule has 8 aromatic rings. The quantitative estimate of drug-likeness (QED) is 0.214. The van der Waals surface area contributed by atoms with Gasteiger partial charge >= 0.3 is 0 Å². The van der Waals surface area contributed by atoms with Crippen LogP contribution in [-0.2, 0) is 0 Å². The minimum Gasteiger partial charge on any atom is -0.310 e. The van der Waals surface area contributed by atoms with Crippen molar-refractivity contribution in [2.75, 3.05) is 4.90 Å². The van der Waals surface area contributed by atoms with Crippen molar-refractivity contribution in [2.24, 2.45) is 0 Å². The molecule has 194 valence electrons. The molecule has 0 unspecified atom stereocenters. The van der Waals surface area contributed by atoms with E-state index in [-0.39, 0.29) is 0 Å². The number of anilines is 3. The van der Waals surface area contributed by atoms with Crippen LogP contribution in [0, 0.1) is 6.92 Å². The summed E-state index contributed by atoms with van der Waals surface area (Å²) >= 11 is 1.86. The highest BCUT2D eigenvalue weighted by Crippen LogP contribution is 2.47. The lowest BCUT2D eigenvalue weighted by atomic mass is 9.91. The number of hydrogen-bond acceptors (Lipinski definition) is 2. The van der Waals surface area contributed by atoms with Crippen molar-refractivity contribution in [1.29, 1.82) is 0 Å². The average molecular weight is 542 g/mol. The summed E-state index contributed by atoms with van der Waals surface area (Å²) in [6, 6.07) is 53.2. The molecule has 0 aliphatic carbocycles. The molecular formula is C39H27NS. The normalized spacial score (nSPS) is 11.5. The summed E-state index contributed by atoms with van der Waals surface area (Å²) in [6.45, 7) is 2.15. The van der Waals surface area contributed by atoms with Crippen molar-refractivity contribution in [1.82, 2.24) is 0 Å². The second-order valence-electron chi connectivity index (χ2n) is 10.7. The second-order valence-corrected chi connectivity index (χ2v) is 11.7. The molecule has 0 radical (unpaired) electrons. The molecule has 0 spiro atoms. The molecule has 0 saturated carbocycles. The Labute approximate surface area is 243 Å². The first-order chi connectivity index (χ1) is 20.2. The van der Waals surface area contributed by atoms with Gasteiger partial charge in [0.1, 0.15) is 0 Å². The molecular weight excluding hydrogens is 515 g/mol. The zero-order valence-corrected chi connectivity index (χ0v) is 23.5. The maximum Gasteiger partial charge on any atom is 0.0546 e. The Morgan fingerprint density at radius 3 is 1.93 bits per heavy atom. The first-order valence-corrected chi connectivity index (χ1v) is 14.8. The third-order valence-electron chi connectivity index (χ3n) is 8.12. The Hall–Kier alpha value is -4.92. The smallest absolute Gasteiger partial charge is 0.0546 e. The molecule has 0 N–H and O–H groups in total. The fourth-order valence-corrected chi connectivity index (χ4v) is 7.29. The lowest BCUT2D eigenvalue weighted by Gasteiger charge is -2.29. The van der Waals surface area contributed by atoms with E-state index in [9.17, 15) is 0 Å². The van der Waals surface area contributed by atoms with Crippen LogP contribution in [0.1, 0.15) is 5.56 Å². The van der Waals surface area contributed by atoms with Gasteiger partial charge in [-0.05, 0) is 70.4 Å². The number of fused-ring (bicyclic) bond motifs is 5. The molecule has 0 saturated heterocycles. The SMILES string of the molecule is Cc1ccc(N(c2ccc3c(c2)sc2ccccc23)c2ccc3ccccc3c2-c2cccc3ccccc23)cc1. The van der Waals surface area contributed by atoms with E-state index in [2.05, 4.69) is 157 Å². The first-order valence-electron chi connectivity index (χ1n) is 14.0. The molecule has 0 amide bonds. The number of aryl methyl sites for hydroxylation is 1. The van der Waals surface area contributed by atoms with Gasteiger partial charge in [-0.15, -0.1) is 11.3 Å². The zero-order valence-electron chi connectivity index (χ0n) is 22.7. The highest BCUT2D eigenvalue weighted by Gasteiger charge is 2.21. The molecule has 0 atom stereocenters. The molecule has 1 nitrogen and oxygen atoms in total. The second kappa shape index (κ2) is 9.62. The zero-order chi connectivity index (χ0) is 27.3. The van der Waals surface area contributed by atoms with Crippen LogP contribution in [0.4, 0.5) is 17.1 Å². The number of hydrogen-bond donors (Lipinski definition) is 0. The maximum atomic E-state index is 2.44. The van der Waals surface area contributed by atoms with Crippen LogP contribution in [0.2, 0.25) is 0 Å². The van der Waals surface area contributed by atoms with Crippen molar-refractivity contribution >= 4 is 70.1 Å². The molecule has 8 rings (SSSR count). The Balaban J connectivity index is 1.46. The van der Waals surface area contributed by atoms with Crippen LogP contribution in [0.15, 0.2) is 146 Å². The number of nitrogens with zero attached hydrogens (tertiary/aromatic N) is 1. The molecule has 0 bridgehead atoms. The lowest BCUT2D eigenvalue weighted by molar-refractivity contribution is 1.29. The summed E-state index contributed by atoms with van der Waals surface area (Å²) in [4.78, 5) is 2.44. The topological polar surface area (TPSA) is 3.24 Å². The summed E-state index contributed by atoms with van der Waals surface area (Å²) in [7, 11) is 0. The number of thiophene rings is 1. The van der Waals surface area contributed by atoms with Gasteiger partial charge in [-0.3, -0.25) is 0 Å². The van der Waals surface area contributed by atoms with E-state index >= 15 is 0 Å². The molecule has 1 aromatic heterocycles. The summed E-state index contributed by atoms with van der Waals surface area (Å²) < 4.78 is 2.62. The van der Waals surface area contributed by atoms with Crippen LogP contribution < -0.4 is 4.90 Å². The van der Waals surface area contributed by atoms with Gasteiger partial charge in [0.25, 0.3) is 0 Å². The van der Waals surface area contributed by atoms with E-state index in [1.807, 2.05) is 11.3 Å². The molecule has 0 aliphatic rings. The van der Waals surface area contributed by atoms with Crippen molar-refractivity contribution in [2.45, 2.75) is 6.92 Å². The highest BCUT2D eigenvalue weighted by molar-refractivity contribution is 7.25. The third-order valence-corrected chi connectivity index (χ3v) is 9.25. The van der Waals surface area contributed by atoms with Crippen LogP contribution in [0.5, 0.6) is 0 Å². The number of rotatable bonds is 4. The van der Waals surface area contributed by atoms with Gasteiger partial charge in [0.2, 0.25) is 0 Å². The van der Waals surface area contributed by atoms with Crippen molar-refractivity contribution in [3.63, 3.8) is 0 Å². The standard InChI is InChI=1S/C39H27NS/c1-26-17-20-29(21-18-26)40(30-22-23-34-33-14-6-7-16-37(33)41-38(34)25-30)36-24-19-28-10-3-5-13-32(28)39(36)35-15-8-11-27-9-2-4-12-31(27)35/h2-25H,1H3. The van der Waals surface area contributed by atoms with Gasteiger partial charge in [-0.2, -0.15) is 0 Å². The fraction of sp³-hybridized carbons (Fsp3) is 0.0256. The predicted molar refractivity (Wildman–Crippen MR) is 179 cm³/mol. The summed E-state index contributed by atoms with van der Waals surface area (Å²) in [6.07, 6.45) is 0. The van der Waals surface area contributed by atoms with Crippen molar-refractivity contribution in [3.8, 4) is 11.1 Å². The minimum absolute atomic E-state index is 1.15. The summed E-state index contributed by atoms with van der Waals surface area (Å²) in [5, 5.41) is 7.63. The van der Waals surface area contributed by atoms with Crippen LogP contribution in [-0.4, -0.2) is 0 Å². The fourth-order valence-electron chi connectivity index (χ4n) is 6.15. The van der Waals surface area contributed by atoms with E-state index in [0.717, 1.165) is 11.4 Å². The van der Waals surface area contributed by atoms with Gasteiger partial charge < -0.3 is 4.90 Å². The van der Waals surface area contributed by atoms with E-state index in [1.54, 1.807) is 0 Å². The van der Waals surface area contributed by atoms with E-state index in [1.165, 1.54) is 64.1 Å². The minimum atomic E-state index is 1.15. The van der Waals surface area contributed by atoms with Crippen LogP contribution in [0.25, 0.3) is 52.8 Å². The van der Waals surface area contributed by atoms with Gasteiger partial charge in [0.15, 0.2) is 0 Å². The largest absolute Gasteiger partial charge is 0.310 e. The summed E-state index contributed by atoms with van der Waals surface area (Å²) in [5.41, 5.74) is 7.22. The highest BCUT2D eigenvalue weighted by atomic mass is 32.1. The third kappa shape index (κ3) is 3.99. The monoisotopic (exact) mass is 541 g/mol. The van der Waals surface area contributed by atoms with Gasteiger partial charge in [0, 0.05) is 37.1 Å². The van der Waals surface area contributed by atoms with Crippen LogP contribution >= 0.6 is 11.3 Å². The molecule has 1 heterocycles. The van der Waals surface area contributed by atoms with Crippen LogP contribution in [0.3, 0.4) is 0 Å².